The second-order valence-electron chi connectivity index (χ2n) is 8.48. The number of aliphatic hydroxyl groups excluding tert-OH is 1. The van der Waals surface area contributed by atoms with Crippen LogP contribution in [0.1, 0.15) is 37.8 Å². The van der Waals surface area contributed by atoms with Crippen molar-refractivity contribution in [3.63, 3.8) is 0 Å². The van der Waals surface area contributed by atoms with Crippen molar-refractivity contribution in [2.45, 2.75) is 45.1 Å². The van der Waals surface area contributed by atoms with E-state index in [0.29, 0.717) is 15.5 Å². The summed E-state index contributed by atoms with van der Waals surface area (Å²) in [5.41, 5.74) is 3.81. The molecule has 1 saturated carbocycles. The van der Waals surface area contributed by atoms with Gasteiger partial charge in [0.25, 0.3) is 0 Å². The van der Waals surface area contributed by atoms with Gasteiger partial charge in [0.15, 0.2) is 0 Å². The molecule has 1 aromatic carbocycles. The van der Waals surface area contributed by atoms with Crippen LogP contribution in [0.2, 0.25) is 10.0 Å². The molecule has 0 unspecified atom stereocenters. The number of nitrogens with zero attached hydrogens (tertiary/aromatic N) is 4. The molecule has 152 valence electrons. The minimum absolute atomic E-state index is 0.121. The summed E-state index contributed by atoms with van der Waals surface area (Å²) in [5, 5.41) is 11.1. The summed E-state index contributed by atoms with van der Waals surface area (Å²) in [7, 11) is 0. The molecule has 1 spiro atoms. The van der Waals surface area contributed by atoms with Crippen molar-refractivity contribution in [1.29, 1.82) is 0 Å². The van der Waals surface area contributed by atoms with E-state index >= 15 is 0 Å². The first-order valence-electron chi connectivity index (χ1n) is 10.2. The first kappa shape index (κ1) is 19.2. The van der Waals surface area contributed by atoms with Crippen molar-refractivity contribution < 1.29 is 5.11 Å². The van der Waals surface area contributed by atoms with Gasteiger partial charge in [-0.1, -0.05) is 35.3 Å². The zero-order chi connectivity index (χ0) is 20.2. The molecule has 0 amide bonds. The number of piperidine rings is 1. The molecule has 2 aromatic heterocycles. The minimum atomic E-state index is -0.121. The maximum absolute atomic E-state index is 10.0. The highest BCUT2D eigenvalue weighted by Gasteiger charge is 2.41. The van der Waals surface area contributed by atoms with Crippen LogP contribution in [0.3, 0.4) is 0 Å². The number of benzene rings is 1. The Morgan fingerprint density at radius 1 is 1.17 bits per heavy atom. The second-order valence-corrected chi connectivity index (χ2v) is 9.26. The highest BCUT2D eigenvalue weighted by atomic mass is 35.5. The largest absolute Gasteiger partial charge is 0.393 e. The number of rotatable bonds is 2. The zero-order valence-electron chi connectivity index (χ0n) is 16.4. The summed E-state index contributed by atoms with van der Waals surface area (Å²) in [6.07, 6.45) is 8.87. The van der Waals surface area contributed by atoms with E-state index in [1.165, 1.54) is 0 Å². The molecule has 29 heavy (non-hydrogen) atoms. The van der Waals surface area contributed by atoms with Crippen LogP contribution in [0.5, 0.6) is 0 Å². The molecule has 1 saturated heterocycles. The number of aromatic nitrogens is 3. The second kappa shape index (κ2) is 7.15. The normalized spacial score (nSPS) is 21.4. The van der Waals surface area contributed by atoms with Gasteiger partial charge in [-0.05, 0) is 50.5 Å². The van der Waals surface area contributed by atoms with Crippen molar-refractivity contribution in [3.05, 3.63) is 46.3 Å². The lowest BCUT2D eigenvalue weighted by Crippen LogP contribution is -2.40. The number of aryl methyl sites for hydroxylation is 1. The molecular formula is C22H24Cl2N4O. The molecule has 3 aromatic rings. The topological polar surface area (TPSA) is 53.7 Å². The van der Waals surface area contributed by atoms with Crippen LogP contribution in [0.4, 0.5) is 5.95 Å². The van der Waals surface area contributed by atoms with Crippen LogP contribution >= 0.6 is 23.2 Å². The number of anilines is 1. The van der Waals surface area contributed by atoms with E-state index in [2.05, 4.69) is 14.3 Å². The fraction of sp³-hybridized carbons (Fsp3) is 0.455. The Bertz CT molecular complexity index is 1070. The van der Waals surface area contributed by atoms with Crippen LogP contribution in [-0.2, 0) is 0 Å². The molecule has 2 aliphatic rings. The minimum Gasteiger partial charge on any atom is -0.393 e. The van der Waals surface area contributed by atoms with Crippen molar-refractivity contribution in [2.24, 2.45) is 5.41 Å². The van der Waals surface area contributed by atoms with Gasteiger partial charge in [-0.2, -0.15) is 0 Å². The third kappa shape index (κ3) is 3.20. The Morgan fingerprint density at radius 3 is 2.69 bits per heavy atom. The smallest absolute Gasteiger partial charge is 0.211 e. The van der Waals surface area contributed by atoms with E-state index in [0.717, 1.165) is 73.6 Å². The van der Waals surface area contributed by atoms with Gasteiger partial charge >= 0.3 is 0 Å². The maximum atomic E-state index is 10.0. The summed E-state index contributed by atoms with van der Waals surface area (Å²) >= 11 is 12.8. The Kier molecular flexibility index (Phi) is 4.72. The van der Waals surface area contributed by atoms with Gasteiger partial charge in [-0.25, -0.2) is 9.97 Å². The average molecular weight is 431 g/mol. The molecule has 5 nitrogen and oxygen atoms in total. The third-order valence-electron chi connectivity index (χ3n) is 6.71. The van der Waals surface area contributed by atoms with Gasteiger partial charge in [0.1, 0.15) is 5.65 Å². The van der Waals surface area contributed by atoms with E-state index in [1.54, 1.807) is 12.3 Å². The Labute approximate surface area is 180 Å². The monoisotopic (exact) mass is 430 g/mol. The summed E-state index contributed by atoms with van der Waals surface area (Å²) in [6.45, 7) is 3.90. The maximum Gasteiger partial charge on any atom is 0.211 e. The summed E-state index contributed by atoms with van der Waals surface area (Å²) in [6, 6.07) is 5.65. The van der Waals surface area contributed by atoms with Crippen LogP contribution in [0.25, 0.3) is 16.8 Å². The summed E-state index contributed by atoms with van der Waals surface area (Å²) in [4.78, 5) is 11.9. The Hall–Kier alpha value is -1.82. The predicted molar refractivity (Wildman–Crippen MR) is 117 cm³/mol. The standard InChI is InChI=1S/C22H24Cl2N4O/c1-14-18(16-3-2-4-17(23)19(16)24)20-25-9-12-28(20)21(26-14)27-10-7-22(8-11-27)6-5-15(29)13-22/h2-4,9,12,15,29H,5-8,10-11,13H2,1H3/t15-/m0/s1. The van der Waals surface area contributed by atoms with Gasteiger partial charge in [0.2, 0.25) is 5.95 Å². The molecule has 3 heterocycles. The number of aliphatic hydroxyl groups is 1. The number of halogens is 2. The molecule has 1 atom stereocenters. The first-order chi connectivity index (χ1) is 14.0. The van der Waals surface area contributed by atoms with Gasteiger partial charge in [-0.15, -0.1) is 0 Å². The molecule has 0 radical (unpaired) electrons. The van der Waals surface area contributed by atoms with Gasteiger partial charge in [0, 0.05) is 36.6 Å². The zero-order valence-corrected chi connectivity index (χ0v) is 17.9. The van der Waals surface area contributed by atoms with Crippen molar-refractivity contribution >= 4 is 34.8 Å². The van der Waals surface area contributed by atoms with Crippen LogP contribution in [0, 0.1) is 12.3 Å². The summed E-state index contributed by atoms with van der Waals surface area (Å²) in [5.74, 6) is 0.922. The quantitative estimate of drug-likeness (QED) is 0.610. The van der Waals surface area contributed by atoms with E-state index < -0.39 is 0 Å². The predicted octanol–water partition coefficient (Wildman–Crippen LogP) is 5.14. The number of hydrogen-bond donors (Lipinski definition) is 1. The highest BCUT2D eigenvalue weighted by molar-refractivity contribution is 6.43. The van der Waals surface area contributed by atoms with E-state index in [4.69, 9.17) is 28.2 Å². The van der Waals surface area contributed by atoms with Crippen molar-refractivity contribution in [1.82, 2.24) is 14.4 Å². The van der Waals surface area contributed by atoms with Crippen LogP contribution < -0.4 is 4.90 Å². The van der Waals surface area contributed by atoms with Gasteiger partial charge in [0.05, 0.1) is 21.8 Å². The molecular weight excluding hydrogens is 407 g/mol. The van der Waals surface area contributed by atoms with Gasteiger partial charge in [-0.3, -0.25) is 4.40 Å². The van der Waals surface area contributed by atoms with E-state index in [1.807, 2.05) is 25.3 Å². The molecule has 0 bridgehead atoms. The Balaban J connectivity index is 1.53. The molecule has 7 heteroatoms. The van der Waals surface area contributed by atoms with Crippen LogP contribution in [-0.4, -0.2) is 38.7 Å². The lowest BCUT2D eigenvalue weighted by Gasteiger charge is -2.40. The fourth-order valence-electron chi connectivity index (χ4n) is 5.12. The van der Waals surface area contributed by atoms with E-state index in [9.17, 15) is 5.11 Å². The SMILES string of the molecule is Cc1nc(N2CCC3(CC[C@H](O)C3)CC2)n2ccnc2c1-c1cccc(Cl)c1Cl. The number of hydrogen-bond acceptors (Lipinski definition) is 4. The molecule has 2 fully saturated rings. The number of imidazole rings is 1. The van der Waals surface area contributed by atoms with E-state index in [-0.39, 0.29) is 6.10 Å². The third-order valence-corrected chi connectivity index (χ3v) is 7.53. The molecule has 1 aliphatic carbocycles. The molecule has 1 aliphatic heterocycles. The summed E-state index contributed by atoms with van der Waals surface area (Å²) < 4.78 is 2.06. The number of fused-ring (bicyclic) bond motifs is 1. The molecule has 1 N–H and O–H groups in total. The lowest BCUT2D eigenvalue weighted by molar-refractivity contribution is 0.144. The lowest BCUT2D eigenvalue weighted by atomic mass is 9.77. The Morgan fingerprint density at radius 2 is 1.97 bits per heavy atom. The molecule has 5 rings (SSSR count). The highest BCUT2D eigenvalue weighted by Crippen LogP contribution is 2.47. The first-order valence-corrected chi connectivity index (χ1v) is 10.9. The van der Waals surface area contributed by atoms with Crippen molar-refractivity contribution in [3.8, 4) is 11.1 Å². The fourth-order valence-corrected chi connectivity index (χ4v) is 5.51. The van der Waals surface area contributed by atoms with Crippen molar-refractivity contribution in [2.75, 3.05) is 18.0 Å². The average Bonchev–Trinajstić information content (AvgIpc) is 3.32. The van der Waals surface area contributed by atoms with Gasteiger partial charge < -0.3 is 10.0 Å². The van der Waals surface area contributed by atoms with Crippen LogP contribution in [0.15, 0.2) is 30.6 Å².